The highest BCUT2D eigenvalue weighted by Crippen LogP contribution is 2.21. The van der Waals surface area contributed by atoms with E-state index in [1.54, 1.807) is 0 Å². The highest BCUT2D eigenvalue weighted by atomic mass is 35.5. The molecular weight excluding hydrogens is 266 g/mol. The lowest BCUT2D eigenvalue weighted by molar-refractivity contribution is 0.543. The van der Waals surface area contributed by atoms with Gasteiger partial charge in [0.15, 0.2) is 0 Å². The first-order valence-electron chi connectivity index (χ1n) is 6.16. The van der Waals surface area contributed by atoms with Gasteiger partial charge in [-0.1, -0.05) is 11.6 Å². The number of fused-ring (bicyclic) bond motifs is 1. The zero-order chi connectivity index (χ0) is 12.5. The van der Waals surface area contributed by atoms with Crippen molar-refractivity contribution in [3.05, 3.63) is 29.0 Å². The van der Waals surface area contributed by atoms with Crippen LogP contribution in [0.1, 0.15) is 5.82 Å². The lowest BCUT2D eigenvalue weighted by Gasteiger charge is -2.22. The van der Waals surface area contributed by atoms with Crippen LogP contribution < -0.4 is 5.32 Å². The lowest BCUT2D eigenvalue weighted by Crippen LogP contribution is -2.39. The second kappa shape index (κ2) is 5.11. The number of imidazole rings is 1. The second-order valence-electron chi connectivity index (χ2n) is 4.65. The number of hydrogen-bond acceptors (Lipinski definition) is 3. The summed E-state index contributed by atoms with van der Waals surface area (Å²) in [5, 5.41) is 4.32. The van der Waals surface area contributed by atoms with Gasteiger partial charge in [0.2, 0.25) is 0 Å². The molecule has 1 saturated heterocycles. The van der Waals surface area contributed by atoms with Gasteiger partial charge >= 0.3 is 0 Å². The summed E-state index contributed by atoms with van der Waals surface area (Å²) >= 11 is 8.05. The number of aryl methyl sites for hydroxylation is 1. The van der Waals surface area contributed by atoms with E-state index in [0.717, 1.165) is 34.8 Å². The van der Waals surface area contributed by atoms with Crippen LogP contribution in [0.25, 0.3) is 11.0 Å². The number of aromatic nitrogens is 2. The fraction of sp³-hybridized carbons (Fsp3) is 0.462. The Hall–Kier alpha value is -0.710. The molecule has 2 heterocycles. The first-order chi connectivity index (χ1) is 8.74. The molecule has 1 aliphatic heterocycles. The summed E-state index contributed by atoms with van der Waals surface area (Å²) in [7, 11) is 2.07. The minimum atomic E-state index is 0.537. The molecule has 5 heteroatoms. The van der Waals surface area contributed by atoms with Gasteiger partial charge in [-0.25, -0.2) is 4.98 Å². The van der Waals surface area contributed by atoms with E-state index >= 15 is 0 Å². The van der Waals surface area contributed by atoms with Crippen LogP contribution in [0.3, 0.4) is 0 Å². The van der Waals surface area contributed by atoms with E-state index in [-0.39, 0.29) is 0 Å². The Morgan fingerprint density at radius 3 is 3.22 bits per heavy atom. The van der Waals surface area contributed by atoms with Crippen molar-refractivity contribution in [3.63, 3.8) is 0 Å². The maximum atomic E-state index is 6.03. The molecule has 0 aliphatic carbocycles. The van der Waals surface area contributed by atoms with Gasteiger partial charge in [-0.05, 0) is 18.2 Å². The molecule has 1 unspecified atom stereocenters. The van der Waals surface area contributed by atoms with Crippen molar-refractivity contribution < 1.29 is 0 Å². The molecule has 2 aromatic rings. The van der Waals surface area contributed by atoms with Crippen molar-refractivity contribution >= 4 is 34.4 Å². The lowest BCUT2D eigenvalue weighted by atomic mass is 10.2. The maximum Gasteiger partial charge on any atom is 0.111 e. The Morgan fingerprint density at radius 1 is 1.56 bits per heavy atom. The van der Waals surface area contributed by atoms with E-state index in [0.29, 0.717) is 6.04 Å². The van der Waals surface area contributed by atoms with Gasteiger partial charge < -0.3 is 9.88 Å². The number of thioether (sulfide) groups is 1. The average Bonchev–Trinajstić information content (AvgIpc) is 2.68. The predicted octanol–water partition coefficient (Wildman–Crippen LogP) is 2.47. The zero-order valence-electron chi connectivity index (χ0n) is 10.3. The molecule has 1 N–H and O–H groups in total. The fourth-order valence-corrected chi connectivity index (χ4v) is 3.48. The molecule has 96 valence electrons. The first kappa shape index (κ1) is 12.3. The summed E-state index contributed by atoms with van der Waals surface area (Å²) in [4.78, 5) is 4.70. The Kier molecular flexibility index (Phi) is 3.50. The summed E-state index contributed by atoms with van der Waals surface area (Å²) in [5.41, 5.74) is 2.14. The summed E-state index contributed by atoms with van der Waals surface area (Å²) in [6.07, 6.45) is 0.982. The maximum absolute atomic E-state index is 6.03. The molecule has 1 aromatic carbocycles. The highest BCUT2D eigenvalue weighted by Gasteiger charge is 2.17. The third kappa shape index (κ3) is 2.37. The Bertz CT molecular complexity index is 561. The highest BCUT2D eigenvalue weighted by molar-refractivity contribution is 7.99. The van der Waals surface area contributed by atoms with E-state index in [1.807, 2.05) is 30.0 Å². The number of hydrogen-bond donors (Lipinski definition) is 1. The van der Waals surface area contributed by atoms with Gasteiger partial charge in [0, 0.05) is 42.6 Å². The molecule has 1 atom stereocenters. The van der Waals surface area contributed by atoms with E-state index in [2.05, 4.69) is 16.9 Å². The van der Waals surface area contributed by atoms with Crippen LogP contribution in [0.15, 0.2) is 18.2 Å². The molecule has 1 aliphatic rings. The molecule has 3 nitrogen and oxygen atoms in total. The zero-order valence-corrected chi connectivity index (χ0v) is 11.9. The Labute approximate surface area is 116 Å². The molecular formula is C13H16ClN3S. The van der Waals surface area contributed by atoms with Gasteiger partial charge in [0.25, 0.3) is 0 Å². The van der Waals surface area contributed by atoms with Crippen molar-refractivity contribution in [1.82, 2.24) is 14.9 Å². The summed E-state index contributed by atoms with van der Waals surface area (Å²) in [5.74, 6) is 3.52. The minimum absolute atomic E-state index is 0.537. The van der Waals surface area contributed by atoms with Crippen molar-refractivity contribution in [1.29, 1.82) is 0 Å². The van der Waals surface area contributed by atoms with Crippen LogP contribution in [0.4, 0.5) is 0 Å². The molecule has 0 saturated carbocycles. The fourth-order valence-electron chi connectivity index (χ4n) is 2.37. The predicted molar refractivity (Wildman–Crippen MR) is 78.5 cm³/mol. The molecule has 3 rings (SSSR count). The first-order valence-corrected chi connectivity index (χ1v) is 7.69. The number of nitrogens with one attached hydrogen (secondary N) is 1. The third-order valence-corrected chi connectivity index (χ3v) is 4.73. The van der Waals surface area contributed by atoms with Gasteiger partial charge in [0.1, 0.15) is 5.82 Å². The number of nitrogens with zero attached hydrogens (tertiary/aromatic N) is 2. The van der Waals surface area contributed by atoms with Crippen LogP contribution in [-0.2, 0) is 13.5 Å². The third-order valence-electron chi connectivity index (χ3n) is 3.36. The topological polar surface area (TPSA) is 29.9 Å². The van der Waals surface area contributed by atoms with Crippen LogP contribution in [0, 0.1) is 0 Å². The van der Waals surface area contributed by atoms with Gasteiger partial charge in [0.05, 0.1) is 11.0 Å². The normalized spacial score (nSPS) is 20.4. The van der Waals surface area contributed by atoms with Gasteiger partial charge in [-0.15, -0.1) is 0 Å². The average molecular weight is 282 g/mol. The van der Waals surface area contributed by atoms with Gasteiger partial charge in [-0.3, -0.25) is 0 Å². The quantitative estimate of drug-likeness (QED) is 0.917. The molecule has 1 aromatic heterocycles. The van der Waals surface area contributed by atoms with E-state index in [4.69, 9.17) is 16.6 Å². The molecule has 0 radical (unpaired) electrons. The Balaban J connectivity index is 1.89. The Morgan fingerprint density at radius 2 is 2.44 bits per heavy atom. The number of halogens is 1. The summed E-state index contributed by atoms with van der Waals surface area (Å²) in [6, 6.07) is 6.41. The second-order valence-corrected chi connectivity index (χ2v) is 6.24. The van der Waals surface area contributed by atoms with Crippen LogP contribution in [0.5, 0.6) is 0 Å². The molecule has 0 bridgehead atoms. The monoisotopic (exact) mass is 281 g/mol. The summed E-state index contributed by atoms with van der Waals surface area (Å²) in [6.45, 7) is 1.10. The SMILES string of the molecule is Cn1c(CC2CSCCN2)nc2ccc(Cl)cc21. The number of rotatable bonds is 2. The van der Waals surface area contributed by atoms with Crippen molar-refractivity contribution in [2.24, 2.45) is 7.05 Å². The van der Waals surface area contributed by atoms with Crippen LogP contribution >= 0.6 is 23.4 Å². The van der Waals surface area contributed by atoms with Gasteiger partial charge in [-0.2, -0.15) is 11.8 Å². The molecule has 0 amide bonds. The minimum Gasteiger partial charge on any atom is -0.331 e. The van der Waals surface area contributed by atoms with Crippen LogP contribution in [-0.4, -0.2) is 33.6 Å². The van der Waals surface area contributed by atoms with E-state index in [9.17, 15) is 0 Å². The van der Waals surface area contributed by atoms with Crippen molar-refractivity contribution in [2.75, 3.05) is 18.1 Å². The standard InChI is InChI=1S/C13H16ClN3S/c1-17-12-6-9(14)2-3-11(12)16-13(17)7-10-8-18-5-4-15-10/h2-3,6,10,15H,4-5,7-8H2,1H3. The smallest absolute Gasteiger partial charge is 0.111 e. The molecule has 1 fully saturated rings. The summed E-state index contributed by atoms with van der Waals surface area (Å²) < 4.78 is 2.15. The van der Waals surface area contributed by atoms with E-state index < -0.39 is 0 Å². The molecule has 0 spiro atoms. The number of benzene rings is 1. The van der Waals surface area contributed by atoms with Crippen LogP contribution in [0.2, 0.25) is 5.02 Å². The largest absolute Gasteiger partial charge is 0.331 e. The van der Waals surface area contributed by atoms with Crippen molar-refractivity contribution in [3.8, 4) is 0 Å². The van der Waals surface area contributed by atoms with E-state index in [1.165, 1.54) is 11.5 Å². The van der Waals surface area contributed by atoms with Crippen molar-refractivity contribution in [2.45, 2.75) is 12.5 Å². The molecule has 18 heavy (non-hydrogen) atoms.